The highest BCUT2D eigenvalue weighted by atomic mass is 16.5. The van der Waals surface area contributed by atoms with Crippen molar-refractivity contribution in [1.82, 2.24) is 4.98 Å². The van der Waals surface area contributed by atoms with Crippen molar-refractivity contribution in [1.29, 1.82) is 0 Å². The standard InChI is InChI=1S/C16H17NO3/c1-20-15(18)8-6-10-5-7-12-11-3-2-4-13(11)16(19)17-14(12)9-10/h5,7,9H,2-4,6,8H2,1H3,(H,17,19). The minimum absolute atomic E-state index is 0.0371. The van der Waals surface area contributed by atoms with E-state index < -0.39 is 0 Å². The lowest BCUT2D eigenvalue weighted by Gasteiger charge is -2.07. The van der Waals surface area contributed by atoms with Crippen LogP contribution in [0.4, 0.5) is 0 Å². The molecule has 1 aromatic carbocycles. The lowest BCUT2D eigenvalue weighted by molar-refractivity contribution is -0.140. The Morgan fingerprint density at radius 1 is 1.30 bits per heavy atom. The van der Waals surface area contributed by atoms with Crippen molar-refractivity contribution in [2.75, 3.05) is 7.11 Å². The van der Waals surface area contributed by atoms with E-state index in [4.69, 9.17) is 0 Å². The van der Waals surface area contributed by atoms with E-state index in [1.807, 2.05) is 12.1 Å². The first kappa shape index (κ1) is 12.9. The van der Waals surface area contributed by atoms with Crippen molar-refractivity contribution in [3.63, 3.8) is 0 Å². The molecule has 1 aliphatic rings. The number of fused-ring (bicyclic) bond motifs is 3. The zero-order chi connectivity index (χ0) is 14.1. The lowest BCUT2D eigenvalue weighted by Crippen LogP contribution is -2.12. The van der Waals surface area contributed by atoms with Gasteiger partial charge in [-0.15, -0.1) is 0 Å². The largest absolute Gasteiger partial charge is 0.469 e. The van der Waals surface area contributed by atoms with Crippen LogP contribution in [0.15, 0.2) is 23.0 Å². The number of aromatic nitrogens is 1. The Morgan fingerprint density at radius 3 is 2.90 bits per heavy atom. The molecular weight excluding hydrogens is 254 g/mol. The number of carbonyl (C=O) groups excluding carboxylic acids is 1. The Bertz CT molecular complexity index is 730. The molecule has 104 valence electrons. The summed E-state index contributed by atoms with van der Waals surface area (Å²) in [5, 5.41) is 1.14. The first-order valence-electron chi connectivity index (χ1n) is 6.92. The Hall–Kier alpha value is -2.10. The molecule has 0 unspecified atom stereocenters. The number of ether oxygens (including phenoxy) is 1. The molecule has 1 aromatic heterocycles. The zero-order valence-corrected chi connectivity index (χ0v) is 11.5. The predicted molar refractivity (Wildman–Crippen MR) is 76.9 cm³/mol. The lowest BCUT2D eigenvalue weighted by atomic mass is 10.0. The molecule has 20 heavy (non-hydrogen) atoms. The molecule has 3 rings (SSSR count). The quantitative estimate of drug-likeness (QED) is 0.870. The third kappa shape index (κ3) is 2.22. The molecule has 0 saturated heterocycles. The summed E-state index contributed by atoms with van der Waals surface area (Å²) in [7, 11) is 1.39. The number of H-pyrrole nitrogens is 1. The summed E-state index contributed by atoms with van der Waals surface area (Å²) in [5.74, 6) is -0.215. The molecule has 0 radical (unpaired) electrons. The fraction of sp³-hybridized carbons (Fsp3) is 0.375. The third-order valence-corrected chi connectivity index (χ3v) is 3.99. The molecule has 1 N–H and O–H groups in total. The summed E-state index contributed by atoms with van der Waals surface area (Å²) < 4.78 is 4.64. The van der Waals surface area contributed by atoms with Crippen LogP contribution in [0.1, 0.15) is 29.5 Å². The van der Waals surface area contributed by atoms with Gasteiger partial charge in [-0.3, -0.25) is 9.59 Å². The molecule has 0 spiro atoms. The van der Waals surface area contributed by atoms with E-state index in [1.165, 1.54) is 12.7 Å². The second-order valence-electron chi connectivity index (χ2n) is 5.22. The maximum absolute atomic E-state index is 12.0. The summed E-state index contributed by atoms with van der Waals surface area (Å²) in [4.78, 5) is 26.2. The van der Waals surface area contributed by atoms with Crippen molar-refractivity contribution in [3.8, 4) is 0 Å². The second-order valence-corrected chi connectivity index (χ2v) is 5.22. The van der Waals surface area contributed by atoms with E-state index in [1.54, 1.807) is 0 Å². The normalized spacial score (nSPS) is 13.4. The highest BCUT2D eigenvalue weighted by Gasteiger charge is 2.17. The van der Waals surface area contributed by atoms with Crippen molar-refractivity contribution in [2.45, 2.75) is 32.1 Å². The third-order valence-electron chi connectivity index (χ3n) is 3.99. The molecule has 1 heterocycles. The van der Waals surface area contributed by atoms with Crippen LogP contribution in [0.25, 0.3) is 10.9 Å². The molecule has 0 atom stereocenters. The van der Waals surface area contributed by atoms with Crippen molar-refractivity contribution in [3.05, 3.63) is 45.2 Å². The minimum atomic E-state index is -0.215. The molecule has 0 saturated carbocycles. The van der Waals surface area contributed by atoms with Gasteiger partial charge in [0.25, 0.3) is 5.56 Å². The predicted octanol–water partition coefficient (Wildman–Crippen LogP) is 2.12. The number of nitrogens with one attached hydrogen (secondary N) is 1. The first-order chi connectivity index (χ1) is 9.69. The molecule has 4 heteroatoms. The molecule has 0 aliphatic heterocycles. The van der Waals surface area contributed by atoms with Crippen LogP contribution < -0.4 is 5.56 Å². The van der Waals surface area contributed by atoms with Crippen LogP contribution in [0, 0.1) is 0 Å². The van der Waals surface area contributed by atoms with Gasteiger partial charge >= 0.3 is 5.97 Å². The van der Waals surface area contributed by atoms with Gasteiger partial charge in [-0.05, 0) is 42.9 Å². The molecule has 0 amide bonds. The van der Waals surface area contributed by atoms with Gasteiger partial charge < -0.3 is 9.72 Å². The summed E-state index contributed by atoms with van der Waals surface area (Å²) in [6.07, 6.45) is 3.91. The fourth-order valence-corrected chi connectivity index (χ4v) is 2.95. The van der Waals surface area contributed by atoms with Gasteiger partial charge in [-0.2, -0.15) is 0 Å². The van der Waals surface area contributed by atoms with Crippen molar-refractivity contribution >= 4 is 16.9 Å². The molecular formula is C16H17NO3. The number of hydrogen-bond acceptors (Lipinski definition) is 3. The van der Waals surface area contributed by atoms with E-state index in [0.717, 1.165) is 41.3 Å². The van der Waals surface area contributed by atoms with Gasteiger partial charge in [-0.1, -0.05) is 12.1 Å². The molecule has 0 bridgehead atoms. The average Bonchev–Trinajstić information content (AvgIpc) is 2.94. The maximum Gasteiger partial charge on any atom is 0.305 e. The zero-order valence-electron chi connectivity index (χ0n) is 11.5. The smallest absolute Gasteiger partial charge is 0.305 e. The number of carbonyl (C=O) groups is 1. The van der Waals surface area contributed by atoms with Gasteiger partial charge in [0.1, 0.15) is 0 Å². The Kier molecular flexibility index (Phi) is 3.30. The van der Waals surface area contributed by atoms with E-state index >= 15 is 0 Å². The monoisotopic (exact) mass is 271 g/mol. The number of pyridine rings is 1. The number of aromatic amines is 1. The Labute approximate surface area is 116 Å². The number of methoxy groups -OCH3 is 1. The average molecular weight is 271 g/mol. The van der Waals surface area contributed by atoms with Crippen LogP contribution >= 0.6 is 0 Å². The van der Waals surface area contributed by atoms with E-state index in [-0.39, 0.29) is 11.5 Å². The van der Waals surface area contributed by atoms with Crippen LogP contribution in [-0.2, 0) is 28.8 Å². The highest BCUT2D eigenvalue weighted by Crippen LogP contribution is 2.26. The van der Waals surface area contributed by atoms with Gasteiger partial charge in [0, 0.05) is 22.9 Å². The first-order valence-corrected chi connectivity index (χ1v) is 6.92. The number of aryl methyl sites for hydroxylation is 2. The number of rotatable bonds is 3. The number of benzene rings is 1. The van der Waals surface area contributed by atoms with Crippen LogP contribution in [-0.4, -0.2) is 18.1 Å². The van der Waals surface area contributed by atoms with Gasteiger partial charge in [-0.25, -0.2) is 0 Å². The minimum Gasteiger partial charge on any atom is -0.469 e. The Balaban J connectivity index is 1.98. The van der Waals surface area contributed by atoms with Crippen molar-refractivity contribution in [2.24, 2.45) is 0 Å². The van der Waals surface area contributed by atoms with Gasteiger partial charge in [0.2, 0.25) is 0 Å². The highest BCUT2D eigenvalue weighted by molar-refractivity contribution is 5.84. The number of hydrogen-bond donors (Lipinski definition) is 1. The van der Waals surface area contributed by atoms with Crippen LogP contribution in [0.2, 0.25) is 0 Å². The Morgan fingerprint density at radius 2 is 2.10 bits per heavy atom. The summed E-state index contributed by atoms with van der Waals surface area (Å²) in [5.41, 5.74) is 4.09. The van der Waals surface area contributed by atoms with E-state index in [2.05, 4.69) is 15.8 Å². The van der Waals surface area contributed by atoms with E-state index in [0.29, 0.717) is 12.8 Å². The second kappa shape index (κ2) is 5.12. The SMILES string of the molecule is COC(=O)CCc1ccc2c3c(c(=O)[nH]c2c1)CCC3. The molecule has 1 aliphatic carbocycles. The van der Waals surface area contributed by atoms with Gasteiger partial charge in [0.15, 0.2) is 0 Å². The molecule has 0 fully saturated rings. The maximum atomic E-state index is 12.0. The number of esters is 1. The summed E-state index contributed by atoms with van der Waals surface area (Å²) >= 11 is 0. The summed E-state index contributed by atoms with van der Waals surface area (Å²) in [6.45, 7) is 0. The van der Waals surface area contributed by atoms with Crippen LogP contribution in [0.3, 0.4) is 0 Å². The molecule has 4 nitrogen and oxygen atoms in total. The van der Waals surface area contributed by atoms with Crippen molar-refractivity contribution < 1.29 is 9.53 Å². The van der Waals surface area contributed by atoms with Gasteiger partial charge in [0.05, 0.1) is 7.11 Å². The van der Waals surface area contributed by atoms with E-state index in [9.17, 15) is 9.59 Å². The van der Waals surface area contributed by atoms with Crippen LogP contribution in [0.5, 0.6) is 0 Å². The fourth-order valence-electron chi connectivity index (χ4n) is 2.95. The summed E-state index contributed by atoms with van der Waals surface area (Å²) in [6, 6.07) is 6.06. The topological polar surface area (TPSA) is 59.2 Å². The molecule has 2 aromatic rings.